The molecule has 0 aromatic heterocycles. The highest BCUT2D eigenvalue weighted by Crippen LogP contribution is 2.51. The summed E-state index contributed by atoms with van der Waals surface area (Å²) in [6.07, 6.45) is 0.221. The number of carboxylic acid groups (broad SMARTS) is 1. The molecule has 0 spiro atoms. The highest BCUT2D eigenvalue weighted by Gasteiger charge is 2.51. The number of rotatable bonds is 6. The van der Waals surface area contributed by atoms with Crippen molar-refractivity contribution >= 4 is 11.9 Å². The lowest BCUT2D eigenvalue weighted by Crippen LogP contribution is -2.45. The Morgan fingerprint density at radius 3 is 2.44 bits per heavy atom. The Labute approximate surface area is 196 Å². The maximum absolute atomic E-state index is 13.1. The minimum Gasteiger partial charge on any atom is -0.496 e. The summed E-state index contributed by atoms with van der Waals surface area (Å²) < 4.78 is 22.4. The maximum Gasteiger partial charge on any atom is 0.315 e. The molecule has 5 rings (SSSR count). The first-order valence-corrected chi connectivity index (χ1v) is 11.1. The fourth-order valence-corrected chi connectivity index (χ4v) is 4.68. The Morgan fingerprint density at radius 1 is 0.882 bits per heavy atom. The lowest BCUT2D eigenvalue weighted by atomic mass is 9.61. The van der Waals surface area contributed by atoms with Crippen molar-refractivity contribution in [1.82, 2.24) is 0 Å². The predicted octanol–water partition coefficient (Wildman–Crippen LogP) is 4.54. The zero-order valence-corrected chi connectivity index (χ0v) is 18.6. The average molecular weight is 460 g/mol. The van der Waals surface area contributed by atoms with E-state index in [1.807, 2.05) is 42.5 Å². The van der Waals surface area contributed by atoms with E-state index in [-0.39, 0.29) is 6.42 Å². The van der Waals surface area contributed by atoms with Crippen molar-refractivity contribution < 1.29 is 33.6 Å². The molecule has 7 nitrogen and oxygen atoms in total. The molecule has 3 aromatic carbocycles. The lowest BCUT2D eigenvalue weighted by molar-refractivity contribution is -0.155. The topological polar surface area (TPSA) is 91.3 Å². The minimum atomic E-state index is -0.930. The van der Waals surface area contributed by atoms with Gasteiger partial charge in [-0.05, 0) is 53.4 Å². The summed E-state index contributed by atoms with van der Waals surface area (Å²) in [7, 11) is 1.53. The van der Waals surface area contributed by atoms with E-state index in [9.17, 15) is 14.7 Å². The molecule has 174 valence electrons. The number of carbonyl (C=O) groups excluding carboxylic acids is 1. The van der Waals surface area contributed by atoms with Gasteiger partial charge in [-0.3, -0.25) is 9.59 Å². The van der Waals surface area contributed by atoms with Gasteiger partial charge in [-0.1, -0.05) is 36.4 Å². The van der Waals surface area contributed by atoms with Crippen LogP contribution >= 0.6 is 0 Å². The zero-order chi connectivity index (χ0) is 23.7. The number of para-hydroxylation sites is 1. The third-order valence-corrected chi connectivity index (χ3v) is 6.42. The molecule has 3 aromatic rings. The summed E-state index contributed by atoms with van der Waals surface area (Å²) in [5.74, 6) is -0.784. The molecule has 1 heterocycles. The second kappa shape index (κ2) is 9.09. The Bertz CT molecular complexity index is 1240. The number of methoxy groups -OCH3 is 1. The van der Waals surface area contributed by atoms with Gasteiger partial charge in [-0.2, -0.15) is 0 Å². The molecular weight excluding hydrogens is 436 g/mol. The van der Waals surface area contributed by atoms with Gasteiger partial charge in [-0.15, -0.1) is 0 Å². The van der Waals surface area contributed by atoms with Gasteiger partial charge >= 0.3 is 11.9 Å². The fraction of sp³-hybridized carbons (Fsp3) is 0.259. The van der Waals surface area contributed by atoms with E-state index >= 15 is 0 Å². The van der Waals surface area contributed by atoms with Gasteiger partial charge in [0, 0.05) is 5.92 Å². The minimum absolute atomic E-state index is 0.221. The van der Waals surface area contributed by atoms with Crippen molar-refractivity contribution in [2.24, 2.45) is 11.8 Å². The molecule has 3 atom stereocenters. The SMILES string of the molecule is COc1ccccc1C1C(C(=O)O)CC1C(=O)Oc1cccc(-c2ccc3c(c2)OCCO3)c1. The van der Waals surface area contributed by atoms with Crippen LogP contribution in [0.4, 0.5) is 0 Å². The molecule has 34 heavy (non-hydrogen) atoms. The third-order valence-electron chi connectivity index (χ3n) is 6.42. The predicted molar refractivity (Wildman–Crippen MR) is 123 cm³/mol. The highest BCUT2D eigenvalue weighted by atomic mass is 16.6. The molecule has 2 aliphatic rings. The molecule has 1 aliphatic heterocycles. The van der Waals surface area contributed by atoms with Crippen molar-refractivity contribution in [1.29, 1.82) is 0 Å². The number of aliphatic carboxylic acids is 1. The van der Waals surface area contributed by atoms with Crippen molar-refractivity contribution in [2.45, 2.75) is 12.3 Å². The summed E-state index contributed by atoms with van der Waals surface area (Å²) in [4.78, 5) is 24.9. The average Bonchev–Trinajstić information content (AvgIpc) is 2.83. The second-order valence-corrected chi connectivity index (χ2v) is 8.36. The second-order valence-electron chi connectivity index (χ2n) is 8.36. The Hall–Kier alpha value is -4.00. The van der Waals surface area contributed by atoms with Crippen LogP contribution in [0.5, 0.6) is 23.0 Å². The number of carboxylic acids is 1. The van der Waals surface area contributed by atoms with Gasteiger partial charge in [0.15, 0.2) is 11.5 Å². The normalized spacial score (nSPS) is 20.7. The Morgan fingerprint density at radius 2 is 1.65 bits per heavy atom. The number of hydrogen-bond acceptors (Lipinski definition) is 6. The zero-order valence-electron chi connectivity index (χ0n) is 18.6. The fourth-order valence-electron chi connectivity index (χ4n) is 4.68. The molecule has 1 aliphatic carbocycles. The van der Waals surface area contributed by atoms with Gasteiger partial charge in [0.05, 0.1) is 18.9 Å². The molecule has 7 heteroatoms. The molecular formula is C27H24O7. The molecule has 3 unspecified atom stereocenters. The first-order chi connectivity index (χ1) is 16.5. The smallest absolute Gasteiger partial charge is 0.315 e. The van der Waals surface area contributed by atoms with E-state index in [1.165, 1.54) is 7.11 Å². The first kappa shape index (κ1) is 21.8. The molecule has 1 saturated carbocycles. The standard InChI is InChI=1S/C27H24O7/c1-31-22-8-3-2-7-19(22)25-20(26(28)29)15-21(25)27(30)34-18-6-4-5-16(13-18)17-9-10-23-24(14-17)33-12-11-32-23/h2-10,13-14,20-21,25H,11-12,15H2,1H3,(H,28,29). The monoisotopic (exact) mass is 460 g/mol. The summed E-state index contributed by atoms with van der Waals surface area (Å²) >= 11 is 0. The van der Waals surface area contributed by atoms with Crippen molar-refractivity contribution in [3.63, 3.8) is 0 Å². The van der Waals surface area contributed by atoms with Gasteiger partial charge < -0.3 is 24.1 Å². The number of fused-ring (bicyclic) bond motifs is 1. The van der Waals surface area contributed by atoms with Crippen molar-refractivity contribution in [3.05, 3.63) is 72.3 Å². The molecule has 1 fully saturated rings. The summed E-state index contributed by atoms with van der Waals surface area (Å²) in [6.45, 7) is 1.03. The Kier molecular flexibility index (Phi) is 5.84. The maximum atomic E-state index is 13.1. The van der Waals surface area contributed by atoms with Crippen LogP contribution < -0.4 is 18.9 Å². The van der Waals surface area contributed by atoms with Gasteiger partial charge in [0.2, 0.25) is 0 Å². The number of ether oxygens (including phenoxy) is 4. The van der Waals surface area contributed by atoms with Crippen LogP contribution in [0.25, 0.3) is 11.1 Å². The highest BCUT2D eigenvalue weighted by molar-refractivity contribution is 5.83. The lowest BCUT2D eigenvalue weighted by Gasteiger charge is -2.41. The molecule has 0 radical (unpaired) electrons. The largest absolute Gasteiger partial charge is 0.496 e. The van der Waals surface area contributed by atoms with Gasteiger partial charge in [-0.25, -0.2) is 0 Å². The van der Waals surface area contributed by atoms with Crippen LogP contribution in [-0.4, -0.2) is 37.4 Å². The number of carbonyl (C=O) groups is 2. The van der Waals surface area contributed by atoms with Crippen LogP contribution in [0, 0.1) is 11.8 Å². The summed E-state index contributed by atoms with van der Waals surface area (Å²) in [5.41, 5.74) is 2.47. The summed E-state index contributed by atoms with van der Waals surface area (Å²) in [6, 6.07) is 20.1. The van der Waals surface area contributed by atoms with Gasteiger partial charge in [0.25, 0.3) is 0 Å². The van der Waals surface area contributed by atoms with E-state index in [2.05, 4.69) is 0 Å². The van der Waals surface area contributed by atoms with E-state index in [0.717, 1.165) is 11.1 Å². The Balaban J connectivity index is 1.36. The summed E-state index contributed by atoms with van der Waals surface area (Å²) in [5, 5.41) is 9.65. The molecule has 1 N–H and O–H groups in total. The van der Waals surface area contributed by atoms with Crippen molar-refractivity contribution in [2.75, 3.05) is 20.3 Å². The van der Waals surface area contributed by atoms with Crippen LogP contribution in [0.1, 0.15) is 17.9 Å². The number of benzene rings is 3. The van der Waals surface area contributed by atoms with E-state index in [1.54, 1.807) is 24.3 Å². The molecule has 0 bridgehead atoms. The quantitative estimate of drug-likeness (QED) is 0.426. The van der Waals surface area contributed by atoms with Crippen LogP contribution in [-0.2, 0) is 9.59 Å². The number of hydrogen-bond donors (Lipinski definition) is 1. The van der Waals surface area contributed by atoms with Crippen LogP contribution in [0.2, 0.25) is 0 Å². The molecule has 0 saturated heterocycles. The number of esters is 1. The van der Waals surface area contributed by atoms with Gasteiger partial charge in [0.1, 0.15) is 24.7 Å². The van der Waals surface area contributed by atoms with Crippen LogP contribution in [0.3, 0.4) is 0 Å². The first-order valence-electron chi connectivity index (χ1n) is 11.1. The van der Waals surface area contributed by atoms with E-state index in [4.69, 9.17) is 18.9 Å². The molecule has 0 amide bonds. The van der Waals surface area contributed by atoms with Crippen molar-refractivity contribution in [3.8, 4) is 34.1 Å². The van der Waals surface area contributed by atoms with E-state index < -0.39 is 29.7 Å². The van der Waals surface area contributed by atoms with Crippen LogP contribution in [0.15, 0.2) is 66.7 Å². The van der Waals surface area contributed by atoms with E-state index in [0.29, 0.717) is 41.8 Å². The third kappa shape index (κ3) is 4.05.